The van der Waals surface area contributed by atoms with Crippen molar-refractivity contribution in [2.75, 3.05) is 29.1 Å². The molecule has 0 aromatic heterocycles. The maximum atomic E-state index is 13.4. The van der Waals surface area contributed by atoms with Gasteiger partial charge in [0.25, 0.3) is 0 Å². The summed E-state index contributed by atoms with van der Waals surface area (Å²) in [6.07, 6.45) is 1.11. The van der Waals surface area contributed by atoms with Gasteiger partial charge in [-0.15, -0.1) is 0 Å². The van der Waals surface area contributed by atoms with Crippen LogP contribution in [0.4, 0.5) is 20.2 Å². The van der Waals surface area contributed by atoms with Crippen LogP contribution in [-0.4, -0.2) is 18.1 Å². The summed E-state index contributed by atoms with van der Waals surface area (Å²) in [4.78, 5) is 0. The van der Waals surface area contributed by atoms with Crippen molar-refractivity contribution in [3.63, 3.8) is 0 Å². The molecule has 1 aromatic carbocycles. The Balaban J connectivity index is 2.03. The lowest BCUT2D eigenvalue weighted by atomic mass is 10.1. The van der Waals surface area contributed by atoms with Crippen LogP contribution >= 0.6 is 11.8 Å². The highest BCUT2D eigenvalue weighted by Crippen LogP contribution is 2.26. The topological polar surface area (TPSA) is 38.0 Å². The van der Waals surface area contributed by atoms with Crippen molar-refractivity contribution in [1.82, 2.24) is 0 Å². The number of hydrogen-bond donors (Lipinski definition) is 2. The zero-order valence-electron chi connectivity index (χ0n) is 8.80. The molecule has 1 aliphatic rings. The van der Waals surface area contributed by atoms with Crippen LogP contribution in [0.3, 0.4) is 0 Å². The minimum atomic E-state index is -0.622. The molecule has 1 saturated heterocycles. The number of anilines is 2. The van der Waals surface area contributed by atoms with Crippen LogP contribution in [0.25, 0.3) is 0 Å². The number of hydrogen-bond acceptors (Lipinski definition) is 3. The van der Waals surface area contributed by atoms with Crippen LogP contribution in [0.15, 0.2) is 12.1 Å². The molecule has 16 heavy (non-hydrogen) atoms. The van der Waals surface area contributed by atoms with E-state index in [1.165, 1.54) is 0 Å². The SMILES string of the molecule is Nc1cc(F)c(NCC2CCSC2)c(F)c1. The maximum Gasteiger partial charge on any atom is 0.151 e. The van der Waals surface area contributed by atoms with Crippen LogP contribution < -0.4 is 11.1 Å². The van der Waals surface area contributed by atoms with Gasteiger partial charge < -0.3 is 11.1 Å². The third-order valence-electron chi connectivity index (χ3n) is 2.66. The van der Waals surface area contributed by atoms with Gasteiger partial charge in [-0.25, -0.2) is 8.78 Å². The van der Waals surface area contributed by atoms with Crippen molar-refractivity contribution >= 4 is 23.1 Å². The molecule has 88 valence electrons. The molecular weight excluding hydrogens is 230 g/mol. The molecule has 1 unspecified atom stereocenters. The van der Waals surface area contributed by atoms with Crippen molar-refractivity contribution in [3.05, 3.63) is 23.8 Å². The summed E-state index contributed by atoms with van der Waals surface area (Å²) >= 11 is 1.88. The summed E-state index contributed by atoms with van der Waals surface area (Å²) in [5.41, 5.74) is 5.38. The van der Waals surface area contributed by atoms with E-state index in [-0.39, 0.29) is 11.4 Å². The number of nitrogens with two attached hydrogens (primary N) is 1. The summed E-state index contributed by atoms with van der Waals surface area (Å²) in [5.74, 6) is 1.46. The second kappa shape index (κ2) is 4.91. The number of halogens is 2. The minimum Gasteiger partial charge on any atom is -0.399 e. The van der Waals surface area contributed by atoms with Crippen LogP contribution in [0.5, 0.6) is 0 Å². The monoisotopic (exact) mass is 244 g/mol. The average Bonchev–Trinajstić information content (AvgIpc) is 2.68. The first-order valence-corrected chi connectivity index (χ1v) is 6.38. The predicted octanol–water partition coefficient (Wildman–Crippen LogP) is 2.71. The van der Waals surface area contributed by atoms with E-state index in [4.69, 9.17) is 5.73 Å². The Hall–Kier alpha value is -0.970. The van der Waals surface area contributed by atoms with Crippen molar-refractivity contribution in [2.45, 2.75) is 6.42 Å². The van der Waals surface area contributed by atoms with E-state index in [1.54, 1.807) is 0 Å². The Morgan fingerprint density at radius 2 is 2.06 bits per heavy atom. The number of thioether (sulfide) groups is 1. The van der Waals surface area contributed by atoms with E-state index >= 15 is 0 Å². The van der Waals surface area contributed by atoms with Gasteiger partial charge in [0.15, 0.2) is 11.6 Å². The Kier molecular flexibility index (Phi) is 3.53. The van der Waals surface area contributed by atoms with E-state index in [0.717, 1.165) is 30.1 Å². The zero-order chi connectivity index (χ0) is 11.5. The Labute approximate surface area is 97.6 Å². The first kappa shape index (κ1) is 11.5. The van der Waals surface area contributed by atoms with Crippen LogP contribution in [-0.2, 0) is 0 Å². The lowest BCUT2D eigenvalue weighted by Gasteiger charge is -2.13. The molecule has 0 spiro atoms. The van der Waals surface area contributed by atoms with E-state index in [1.807, 2.05) is 11.8 Å². The summed E-state index contributed by atoms with van der Waals surface area (Å²) < 4.78 is 26.8. The van der Waals surface area contributed by atoms with Gasteiger partial charge in [-0.2, -0.15) is 11.8 Å². The molecule has 1 aromatic rings. The van der Waals surface area contributed by atoms with Gasteiger partial charge >= 0.3 is 0 Å². The minimum absolute atomic E-state index is 0.0638. The molecule has 1 fully saturated rings. The smallest absolute Gasteiger partial charge is 0.151 e. The molecular formula is C11H14F2N2S. The number of rotatable bonds is 3. The van der Waals surface area contributed by atoms with E-state index in [2.05, 4.69) is 5.32 Å². The fourth-order valence-corrected chi connectivity index (χ4v) is 3.04. The average molecular weight is 244 g/mol. The molecule has 5 heteroatoms. The van der Waals surface area contributed by atoms with Crippen LogP contribution in [0, 0.1) is 17.6 Å². The highest BCUT2D eigenvalue weighted by atomic mass is 32.2. The molecule has 1 atom stereocenters. The van der Waals surface area contributed by atoms with E-state index < -0.39 is 11.6 Å². The second-order valence-electron chi connectivity index (χ2n) is 3.97. The number of nitrogens with one attached hydrogen (secondary N) is 1. The van der Waals surface area contributed by atoms with Crippen LogP contribution in [0.1, 0.15) is 6.42 Å². The summed E-state index contributed by atoms with van der Waals surface area (Å²) in [6, 6.07) is 2.27. The van der Waals surface area contributed by atoms with E-state index in [0.29, 0.717) is 12.5 Å². The Morgan fingerprint density at radius 1 is 1.38 bits per heavy atom. The molecule has 0 bridgehead atoms. The molecule has 3 N–H and O–H groups in total. The first-order valence-electron chi connectivity index (χ1n) is 5.23. The van der Waals surface area contributed by atoms with Gasteiger partial charge in [-0.1, -0.05) is 0 Å². The van der Waals surface area contributed by atoms with Crippen molar-refractivity contribution in [1.29, 1.82) is 0 Å². The second-order valence-corrected chi connectivity index (χ2v) is 5.12. The summed E-state index contributed by atoms with van der Waals surface area (Å²) in [6.45, 7) is 0.616. The van der Waals surface area contributed by atoms with Gasteiger partial charge in [0.2, 0.25) is 0 Å². The fourth-order valence-electron chi connectivity index (χ4n) is 1.75. The Morgan fingerprint density at radius 3 is 2.62 bits per heavy atom. The van der Waals surface area contributed by atoms with Gasteiger partial charge in [0.05, 0.1) is 0 Å². The summed E-state index contributed by atoms with van der Waals surface area (Å²) in [5, 5.41) is 2.83. The zero-order valence-corrected chi connectivity index (χ0v) is 9.62. The third-order valence-corrected chi connectivity index (χ3v) is 3.89. The molecule has 1 heterocycles. The number of nitrogen functional groups attached to an aromatic ring is 1. The molecule has 0 saturated carbocycles. The van der Waals surface area contributed by atoms with Gasteiger partial charge in [0.1, 0.15) is 5.69 Å². The molecule has 2 rings (SSSR count). The number of benzene rings is 1. The van der Waals surface area contributed by atoms with Crippen molar-refractivity contribution in [2.24, 2.45) is 5.92 Å². The van der Waals surface area contributed by atoms with Gasteiger partial charge in [-0.3, -0.25) is 0 Å². The standard InChI is InChI=1S/C11H14F2N2S/c12-9-3-8(14)4-10(13)11(9)15-5-7-1-2-16-6-7/h3-4,7,15H,1-2,5-6,14H2. The molecule has 1 aliphatic heterocycles. The quantitative estimate of drug-likeness (QED) is 0.803. The van der Waals surface area contributed by atoms with Gasteiger partial charge in [-0.05, 0) is 36.0 Å². The first-order chi connectivity index (χ1) is 7.66. The summed E-state index contributed by atoms with van der Waals surface area (Å²) in [7, 11) is 0. The third kappa shape index (κ3) is 2.58. The largest absolute Gasteiger partial charge is 0.399 e. The van der Waals surface area contributed by atoms with Crippen LogP contribution in [0.2, 0.25) is 0 Å². The molecule has 0 aliphatic carbocycles. The molecule has 2 nitrogen and oxygen atoms in total. The van der Waals surface area contributed by atoms with Gasteiger partial charge in [0, 0.05) is 12.2 Å². The maximum absolute atomic E-state index is 13.4. The fraction of sp³-hybridized carbons (Fsp3) is 0.455. The van der Waals surface area contributed by atoms with E-state index in [9.17, 15) is 8.78 Å². The van der Waals surface area contributed by atoms with Crippen molar-refractivity contribution in [3.8, 4) is 0 Å². The lowest BCUT2D eigenvalue weighted by Crippen LogP contribution is -2.15. The highest BCUT2D eigenvalue weighted by Gasteiger charge is 2.17. The predicted molar refractivity (Wildman–Crippen MR) is 64.7 cm³/mol. The van der Waals surface area contributed by atoms with Crippen molar-refractivity contribution < 1.29 is 8.78 Å². The molecule has 0 amide bonds. The highest BCUT2D eigenvalue weighted by molar-refractivity contribution is 7.99. The lowest BCUT2D eigenvalue weighted by molar-refractivity contribution is 0.578. The normalized spacial score (nSPS) is 20.0. The Bertz CT molecular complexity index is 355. The molecule has 0 radical (unpaired) electrons.